The van der Waals surface area contributed by atoms with E-state index in [0.29, 0.717) is 0 Å². The Bertz CT molecular complexity index is 150. The molecule has 0 bridgehead atoms. The smallest absolute Gasteiger partial charge is 0.371 e. The molecule has 4 nitrogen and oxygen atoms in total. The molecule has 76 valence electrons. The van der Waals surface area contributed by atoms with Crippen LogP contribution in [0.1, 0.15) is 32.1 Å². The molecule has 0 spiro atoms. The van der Waals surface area contributed by atoms with Crippen molar-refractivity contribution in [3.63, 3.8) is 0 Å². The van der Waals surface area contributed by atoms with Gasteiger partial charge in [-0.15, -0.1) is 0 Å². The van der Waals surface area contributed by atoms with Crippen LogP contribution in [0, 0.1) is 0 Å². The number of aliphatic hydroxyl groups is 1. The van der Waals surface area contributed by atoms with Crippen molar-refractivity contribution in [3.05, 3.63) is 0 Å². The molecule has 1 aliphatic carbocycles. The Morgan fingerprint density at radius 2 is 1.85 bits per heavy atom. The quantitative estimate of drug-likeness (QED) is 0.393. The second-order valence-electron chi connectivity index (χ2n) is 2.81. The van der Waals surface area contributed by atoms with E-state index in [1.165, 1.54) is 6.42 Å². The largest absolute Gasteiger partial charge is 0.457 e. The van der Waals surface area contributed by atoms with Gasteiger partial charge in [0.05, 0.1) is 0 Å². The third-order valence-corrected chi connectivity index (χ3v) is 1.93. The van der Waals surface area contributed by atoms with Gasteiger partial charge in [-0.1, -0.05) is 6.42 Å². The molecule has 1 N–H and O–H groups in total. The minimum atomic E-state index is -0.725. The molecule has 0 aromatic heterocycles. The maximum atomic E-state index is 10.5. The molecule has 0 heterocycles. The normalized spacial score (nSPS) is 16.8. The first-order chi connectivity index (χ1) is 6.33. The van der Waals surface area contributed by atoms with Crippen LogP contribution < -0.4 is 0 Å². The highest BCUT2D eigenvalue weighted by molar-refractivity contribution is 6.20. The van der Waals surface area contributed by atoms with Gasteiger partial charge in [0.2, 0.25) is 6.29 Å². The van der Waals surface area contributed by atoms with E-state index < -0.39 is 5.97 Å². The van der Waals surface area contributed by atoms with Crippen LogP contribution in [0.25, 0.3) is 0 Å². The van der Waals surface area contributed by atoms with Crippen LogP contribution in [0.3, 0.4) is 0 Å². The summed E-state index contributed by atoms with van der Waals surface area (Å²) in [6, 6.07) is 0. The molecule has 0 radical (unpaired) electrons. The summed E-state index contributed by atoms with van der Waals surface area (Å²) in [6.07, 6.45) is 5.50. The predicted molar refractivity (Wildman–Crippen MR) is 47.2 cm³/mol. The molecule has 0 unspecified atom stereocenters. The van der Waals surface area contributed by atoms with Gasteiger partial charge in [0.15, 0.2) is 0 Å². The van der Waals surface area contributed by atoms with E-state index >= 15 is 0 Å². The van der Waals surface area contributed by atoms with Gasteiger partial charge in [0.1, 0.15) is 6.10 Å². The lowest BCUT2D eigenvalue weighted by Gasteiger charge is -2.20. The Hall–Kier alpha value is -0.900. The molecular weight excluding hydrogens is 172 g/mol. The SMILES string of the molecule is CO.O=CC(=O)OC1CCCCC1. The van der Waals surface area contributed by atoms with Gasteiger partial charge in [0.25, 0.3) is 0 Å². The zero-order valence-corrected chi connectivity index (χ0v) is 7.86. The fraction of sp³-hybridized carbons (Fsp3) is 0.778. The summed E-state index contributed by atoms with van der Waals surface area (Å²) < 4.78 is 4.83. The van der Waals surface area contributed by atoms with Crippen LogP contribution in [-0.4, -0.2) is 30.6 Å². The van der Waals surface area contributed by atoms with Crippen LogP contribution in [-0.2, 0) is 14.3 Å². The average molecular weight is 188 g/mol. The van der Waals surface area contributed by atoms with Gasteiger partial charge in [-0.3, -0.25) is 4.79 Å². The molecule has 0 saturated heterocycles. The molecule has 1 aliphatic rings. The topological polar surface area (TPSA) is 63.6 Å². The van der Waals surface area contributed by atoms with Crippen LogP contribution in [0.15, 0.2) is 0 Å². The van der Waals surface area contributed by atoms with Crippen LogP contribution in [0.2, 0.25) is 0 Å². The first-order valence-electron chi connectivity index (χ1n) is 4.43. The number of aliphatic hydroxyl groups excluding tert-OH is 1. The summed E-state index contributed by atoms with van der Waals surface area (Å²) in [7, 11) is 1.00. The number of hydrogen-bond acceptors (Lipinski definition) is 4. The Morgan fingerprint density at radius 3 is 2.31 bits per heavy atom. The van der Waals surface area contributed by atoms with Crippen molar-refractivity contribution in [1.29, 1.82) is 0 Å². The van der Waals surface area contributed by atoms with E-state index in [-0.39, 0.29) is 12.4 Å². The van der Waals surface area contributed by atoms with Crippen LogP contribution >= 0.6 is 0 Å². The van der Waals surface area contributed by atoms with Crippen molar-refractivity contribution in [2.24, 2.45) is 0 Å². The third-order valence-electron chi connectivity index (χ3n) is 1.93. The zero-order valence-electron chi connectivity index (χ0n) is 7.86. The number of hydrogen-bond donors (Lipinski definition) is 1. The number of carbonyl (C=O) groups is 2. The van der Waals surface area contributed by atoms with Gasteiger partial charge < -0.3 is 9.84 Å². The molecule has 1 saturated carbocycles. The van der Waals surface area contributed by atoms with Crippen LogP contribution in [0.4, 0.5) is 0 Å². The molecule has 0 atom stereocenters. The molecule has 0 aromatic carbocycles. The molecule has 1 fully saturated rings. The predicted octanol–water partition coefficient (Wildman–Crippen LogP) is 0.670. The highest BCUT2D eigenvalue weighted by Gasteiger charge is 2.16. The van der Waals surface area contributed by atoms with Crippen molar-refractivity contribution < 1.29 is 19.4 Å². The minimum Gasteiger partial charge on any atom is -0.457 e. The van der Waals surface area contributed by atoms with E-state index in [1.807, 2.05) is 0 Å². The summed E-state index contributed by atoms with van der Waals surface area (Å²) in [5.74, 6) is -0.725. The number of ether oxygens (including phenoxy) is 1. The van der Waals surface area contributed by atoms with Crippen molar-refractivity contribution >= 4 is 12.3 Å². The number of carbonyl (C=O) groups excluding carboxylic acids is 2. The van der Waals surface area contributed by atoms with Gasteiger partial charge in [0, 0.05) is 7.11 Å². The van der Waals surface area contributed by atoms with E-state index in [0.717, 1.165) is 32.8 Å². The molecule has 1 rings (SSSR count). The Kier molecular flexibility index (Phi) is 7.20. The monoisotopic (exact) mass is 188 g/mol. The highest BCUT2D eigenvalue weighted by atomic mass is 16.5. The van der Waals surface area contributed by atoms with Crippen molar-refractivity contribution in [1.82, 2.24) is 0 Å². The van der Waals surface area contributed by atoms with E-state index in [1.54, 1.807) is 0 Å². The molecule has 4 heteroatoms. The highest BCUT2D eigenvalue weighted by Crippen LogP contribution is 2.19. The second kappa shape index (κ2) is 7.73. The van der Waals surface area contributed by atoms with Gasteiger partial charge >= 0.3 is 5.97 Å². The standard InChI is InChI=1S/C8H12O3.CH4O/c9-6-8(10)11-7-4-2-1-3-5-7;1-2/h6-7H,1-5H2;2H,1H3. The lowest BCUT2D eigenvalue weighted by molar-refractivity contribution is -0.154. The summed E-state index contributed by atoms with van der Waals surface area (Å²) in [5.41, 5.74) is 0. The number of aldehydes is 1. The molecular formula is C9H16O4. The molecule has 13 heavy (non-hydrogen) atoms. The van der Waals surface area contributed by atoms with Gasteiger partial charge in [-0.2, -0.15) is 0 Å². The number of rotatable bonds is 2. The van der Waals surface area contributed by atoms with Crippen molar-refractivity contribution in [2.45, 2.75) is 38.2 Å². The van der Waals surface area contributed by atoms with Gasteiger partial charge in [-0.25, -0.2) is 4.79 Å². The van der Waals surface area contributed by atoms with Crippen LogP contribution in [0.5, 0.6) is 0 Å². The molecule has 0 aliphatic heterocycles. The first-order valence-corrected chi connectivity index (χ1v) is 4.43. The fourth-order valence-electron chi connectivity index (χ4n) is 1.38. The third kappa shape index (κ3) is 5.36. The minimum absolute atomic E-state index is 0.00134. The first kappa shape index (κ1) is 12.1. The average Bonchev–Trinajstić information content (AvgIpc) is 2.22. The summed E-state index contributed by atoms with van der Waals surface area (Å²) >= 11 is 0. The van der Waals surface area contributed by atoms with E-state index in [9.17, 15) is 9.59 Å². The van der Waals surface area contributed by atoms with Gasteiger partial charge in [-0.05, 0) is 25.7 Å². The lowest BCUT2D eigenvalue weighted by Crippen LogP contribution is -2.21. The van der Waals surface area contributed by atoms with E-state index in [4.69, 9.17) is 9.84 Å². The maximum absolute atomic E-state index is 10.5. The number of esters is 1. The van der Waals surface area contributed by atoms with E-state index in [2.05, 4.69) is 0 Å². The maximum Gasteiger partial charge on any atom is 0.371 e. The Morgan fingerprint density at radius 1 is 1.31 bits per heavy atom. The van der Waals surface area contributed by atoms with Crippen molar-refractivity contribution in [3.8, 4) is 0 Å². The van der Waals surface area contributed by atoms with Crippen molar-refractivity contribution in [2.75, 3.05) is 7.11 Å². The summed E-state index contributed by atoms with van der Waals surface area (Å²) in [5, 5.41) is 7.00. The summed E-state index contributed by atoms with van der Waals surface area (Å²) in [4.78, 5) is 20.4. The molecule has 0 aromatic rings. The zero-order chi connectivity index (χ0) is 10.1. The Balaban J connectivity index is 0.000000671. The second-order valence-corrected chi connectivity index (χ2v) is 2.81. The lowest BCUT2D eigenvalue weighted by atomic mass is 9.98. The summed E-state index contributed by atoms with van der Waals surface area (Å²) in [6.45, 7) is 0. The fourth-order valence-corrected chi connectivity index (χ4v) is 1.38. The Labute approximate surface area is 77.9 Å². The molecule has 0 amide bonds.